The molecule has 0 bridgehead atoms. The molecule has 7 heteroatoms. The number of aliphatic hydroxyl groups is 1. The molecule has 2 aromatic rings. The number of aryl methyl sites for hydroxylation is 1. The van der Waals surface area contributed by atoms with Crippen LogP contribution in [-0.4, -0.2) is 26.4 Å². The molecule has 0 amide bonds. The molecule has 1 unspecified atom stereocenters. The van der Waals surface area contributed by atoms with Crippen molar-refractivity contribution in [2.24, 2.45) is 7.05 Å². The lowest BCUT2D eigenvalue weighted by Gasteiger charge is -2.13. The van der Waals surface area contributed by atoms with Gasteiger partial charge in [-0.2, -0.15) is 5.10 Å². The van der Waals surface area contributed by atoms with Crippen molar-refractivity contribution in [2.75, 3.05) is 6.54 Å². The molecule has 1 aromatic carbocycles. The molecule has 0 spiro atoms. The average molecular weight is 301 g/mol. The summed E-state index contributed by atoms with van der Waals surface area (Å²) in [6, 6.07) is 5.02. The Balaban J connectivity index is 1.90. The average Bonchev–Trinajstić information content (AvgIpc) is 2.78. The van der Waals surface area contributed by atoms with Gasteiger partial charge in [0.25, 0.3) is 0 Å². The van der Waals surface area contributed by atoms with E-state index < -0.39 is 6.10 Å². The SMILES string of the molecule is Cn1cnc(CNCC(O)c2cc(Cl)ccc2Cl)n1. The lowest BCUT2D eigenvalue weighted by molar-refractivity contribution is 0.174. The van der Waals surface area contributed by atoms with Crippen LogP contribution in [0.1, 0.15) is 17.5 Å². The highest BCUT2D eigenvalue weighted by molar-refractivity contribution is 6.33. The molecule has 5 nitrogen and oxygen atoms in total. The van der Waals surface area contributed by atoms with Crippen LogP contribution in [0.5, 0.6) is 0 Å². The van der Waals surface area contributed by atoms with Gasteiger partial charge in [0.05, 0.1) is 12.6 Å². The van der Waals surface area contributed by atoms with Gasteiger partial charge in [0.1, 0.15) is 6.33 Å². The summed E-state index contributed by atoms with van der Waals surface area (Å²) in [5, 5.41) is 18.3. The number of halogens is 2. The van der Waals surface area contributed by atoms with Crippen LogP contribution < -0.4 is 5.32 Å². The van der Waals surface area contributed by atoms with Crippen molar-refractivity contribution < 1.29 is 5.11 Å². The van der Waals surface area contributed by atoms with Crippen LogP contribution in [0.15, 0.2) is 24.5 Å². The second kappa shape index (κ2) is 6.34. The number of nitrogens with one attached hydrogen (secondary N) is 1. The van der Waals surface area contributed by atoms with Gasteiger partial charge in [-0.15, -0.1) is 0 Å². The fraction of sp³-hybridized carbons (Fsp3) is 0.333. The van der Waals surface area contributed by atoms with Crippen LogP contribution in [0, 0.1) is 0 Å². The van der Waals surface area contributed by atoms with Gasteiger partial charge in [-0.1, -0.05) is 23.2 Å². The van der Waals surface area contributed by atoms with Gasteiger partial charge in [-0.05, 0) is 18.2 Å². The third kappa shape index (κ3) is 3.91. The van der Waals surface area contributed by atoms with Gasteiger partial charge >= 0.3 is 0 Å². The number of nitrogens with zero attached hydrogens (tertiary/aromatic N) is 3. The number of benzene rings is 1. The van der Waals surface area contributed by atoms with Gasteiger partial charge in [0.2, 0.25) is 0 Å². The minimum Gasteiger partial charge on any atom is -0.387 e. The van der Waals surface area contributed by atoms with E-state index in [1.54, 1.807) is 36.3 Å². The number of hydrogen-bond donors (Lipinski definition) is 2. The fourth-order valence-corrected chi connectivity index (χ4v) is 2.09. The first-order valence-corrected chi connectivity index (χ1v) is 6.50. The molecule has 0 aliphatic carbocycles. The van der Waals surface area contributed by atoms with E-state index in [-0.39, 0.29) is 0 Å². The molecular weight excluding hydrogens is 287 g/mol. The zero-order chi connectivity index (χ0) is 13.8. The molecule has 2 N–H and O–H groups in total. The Morgan fingerprint density at radius 1 is 1.42 bits per heavy atom. The van der Waals surface area contributed by atoms with Crippen molar-refractivity contribution in [3.05, 3.63) is 46.0 Å². The molecule has 0 radical (unpaired) electrons. The summed E-state index contributed by atoms with van der Waals surface area (Å²) < 4.78 is 1.63. The van der Waals surface area contributed by atoms with Gasteiger partial charge in [-0.25, -0.2) is 4.98 Å². The Morgan fingerprint density at radius 2 is 2.21 bits per heavy atom. The predicted molar refractivity (Wildman–Crippen MR) is 74.1 cm³/mol. The second-order valence-corrected chi connectivity index (χ2v) is 4.99. The second-order valence-electron chi connectivity index (χ2n) is 4.15. The Kier molecular flexibility index (Phi) is 4.76. The molecule has 1 heterocycles. The molecule has 0 fully saturated rings. The van der Waals surface area contributed by atoms with Gasteiger partial charge in [-0.3, -0.25) is 4.68 Å². The van der Waals surface area contributed by atoms with Crippen LogP contribution in [0.4, 0.5) is 0 Å². The van der Waals surface area contributed by atoms with E-state index in [1.807, 2.05) is 0 Å². The van der Waals surface area contributed by atoms with Crippen molar-refractivity contribution in [2.45, 2.75) is 12.6 Å². The molecule has 1 aromatic heterocycles. The van der Waals surface area contributed by atoms with Crippen LogP contribution in [0.25, 0.3) is 0 Å². The van der Waals surface area contributed by atoms with Crippen molar-refractivity contribution >= 4 is 23.2 Å². The van der Waals surface area contributed by atoms with Gasteiger partial charge in [0, 0.05) is 29.2 Å². The number of aliphatic hydroxyl groups excluding tert-OH is 1. The zero-order valence-corrected chi connectivity index (χ0v) is 11.9. The largest absolute Gasteiger partial charge is 0.387 e. The van der Waals surface area contributed by atoms with Crippen molar-refractivity contribution in [3.63, 3.8) is 0 Å². The van der Waals surface area contributed by atoms with Crippen LogP contribution >= 0.6 is 23.2 Å². The fourth-order valence-electron chi connectivity index (χ4n) is 1.67. The standard InChI is InChI=1S/C12H14Cl2N4O/c1-18-7-16-12(17-18)6-15-5-11(19)9-4-8(13)2-3-10(9)14/h2-4,7,11,15,19H,5-6H2,1H3. The Bertz CT molecular complexity index is 558. The number of rotatable bonds is 5. The highest BCUT2D eigenvalue weighted by Crippen LogP contribution is 2.25. The molecule has 0 aliphatic heterocycles. The minimum absolute atomic E-state index is 0.346. The highest BCUT2D eigenvalue weighted by atomic mass is 35.5. The maximum atomic E-state index is 10.1. The molecule has 2 rings (SSSR count). The third-order valence-electron chi connectivity index (χ3n) is 2.58. The number of aromatic nitrogens is 3. The molecule has 0 aliphatic rings. The van der Waals surface area contributed by atoms with E-state index in [4.69, 9.17) is 23.2 Å². The quantitative estimate of drug-likeness (QED) is 0.886. The van der Waals surface area contributed by atoms with E-state index in [0.29, 0.717) is 34.5 Å². The van der Waals surface area contributed by atoms with E-state index >= 15 is 0 Å². The van der Waals surface area contributed by atoms with E-state index in [2.05, 4.69) is 15.4 Å². The van der Waals surface area contributed by atoms with Gasteiger partial charge in [0.15, 0.2) is 5.82 Å². The first kappa shape index (κ1) is 14.3. The molecule has 1 atom stereocenters. The normalized spacial score (nSPS) is 12.6. The predicted octanol–water partition coefficient (Wildman–Crippen LogP) is 1.95. The molecule has 0 saturated carbocycles. The minimum atomic E-state index is -0.727. The lowest BCUT2D eigenvalue weighted by atomic mass is 10.1. The summed E-state index contributed by atoms with van der Waals surface area (Å²) in [5.41, 5.74) is 0.607. The van der Waals surface area contributed by atoms with Crippen molar-refractivity contribution in [3.8, 4) is 0 Å². The summed E-state index contributed by atoms with van der Waals surface area (Å²) in [4.78, 5) is 4.08. The Morgan fingerprint density at radius 3 is 2.89 bits per heavy atom. The molecule has 0 saturated heterocycles. The Labute approximate surface area is 121 Å². The smallest absolute Gasteiger partial charge is 0.164 e. The molecule has 19 heavy (non-hydrogen) atoms. The maximum Gasteiger partial charge on any atom is 0.164 e. The first-order valence-electron chi connectivity index (χ1n) is 5.74. The van der Waals surface area contributed by atoms with Crippen LogP contribution in [-0.2, 0) is 13.6 Å². The van der Waals surface area contributed by atoms with Crippen molar-refractivity contribution in [1.82, 2.24) is 20.1 Å². The Hall–Kier alpha value is -1.14. The summed E-state index contributed by atoms with van der Waals surface area (Å²) in [6.45, 7) is 0.828. The van der Waals surface area contributed by atoms with Crippen LogP contribution in [0.2, 0.25) is 10.0 Å². The van der Waals surface area contributed by atoms with Gasteiger partial charge < -0.3 is 10.4 Å². The molecular formula is C12H14Cl2N4O. The summed E-state index contributed by atoms with van der Waals surface area (Å²) in [5.74, 6) is 0.673. The van der Waals surface area contributed by atoms with Crippen molar-refractivity contribution in [1.29, 1.82) is 0 Å². The monoisotopic (exact) mass is 300 g/mol. The summed E-state index contributed by atoms with van der Waals surface area (Å²) in [6.07, 6.45) is 0.899. The first-order chi connectivity index (χ1) is 9.06. The van der Waals surface area contributed by atoms with E-state index in [9.17, 15) is 5.11 Å². The lowest BCUT2D eigenvalue weighted by Crippen LogP contribution is -2.22. The van der Waals surface area contributed by atoms with Crippen LogP contribution in [0.3, 0.4) is 0 Å². The summed E-state index contributed by atoms with van der Waals surface area (Å²) in [7, 11) is 1.80. The third-order valence-corrected chi connectivity index (χ3v) is 3.16. The summed E-state index contributed by atoms with van der Waals surface area (Å²) >= 11 is 11.9. The number of hydrogen-bond acceptors (Lipinski definition) is 4. The zero-order valence-electron chi connectivity index (χ0n) is 10.3. The highest BCUT2D eigenvalue weighted by Gasteiger charge is 2.12. The topological polar surface area (TPSA) is 63.0 Å². The van der Waals surface area contributed by atoms with E-state index in [0.717, 1.165) is 0 Å². The van der Waals surface area contributed by atoms with E-state index in [1.165, 1.54) is 0 Å². The maximum absolute atomic E-state index is 10.1. The molecule has 102 valence electrons.